The Kier molecular flexibility index (Phi) is 4.14. The molecule has 0 saturated carbocycles. The average Bonchev–Trinajstić information content (AvgIpc) is 2.83. The van der Waals surface area contributed by atoms with Crippen LogP contribution in [0.4, 0.5) is 0 Å². The third-order valence-electron chi connectivity index (χ3n) is 2.60. The minimum absolute atomic E-state index is 0.0395. The lowest BCUT2D eigenvalue weighted by Gasteiger charge is -2.07. The van der Waals surface area contributed by atoms with E-state index in [-0.39, 0.29) is 12.2 Å². The van der Waals surface area contributed by atoms with Gasteiger partial charge in [-0.1, -0.05) is 41.9 Å². The number of benzene rings is 1. The summed E-state index contributed by atoms with van der Waals surface area (Å²) in [6, 6.07) is 14.9. The van der Waals surface area contributed by atoms with Gasteiger partial charge in [0, 0.05) is 6.42 Å². The maximum absolute atomic E-state index is 12.0. The molecule has 0 N–H and O–H groups in total. The summed E-state index contributed by atoms with van der Waals surface area (Å²) in [5.41, 5.74) is 0.871. The van der Waals surface area contributed by atoms with E-state index in [1.54, 1.807) is 12.1 Å². The second kappa shape index (κ2) is 5.81. The molecule has 0 fully saturated rings. The van der Waals surface area contributed by atoms with E-state index in [4.69, 9.17) is 16.9 Å². The lowest BCUT2D eigenvalue weighted by atomic mass is 9.95. The first-order valence-corrected chi connectivity index (χ1v) is 6.63. The Hall–Kier alpha value is -1.63. The normalized spacial score (nSPS) is 11.8. The SMILES string of the molecule is N#CC(CC(=O)c1ccc(Cl)s1)c1ccccc1. The highest BCUT2D eigenvalue weighted by Crippen LogP contribution is 2.26. The van der Waals surface area contributed by atoms with E-state index < -0.39 is 5.92 Å². The Morgan fingerprint density at radius 2 is 2.00 bits per heavy atom. The van der Waals surface area contributed by atoms with Gasteiger partial charge < -0.3 is 0 Å². The van der Waals surface area contributed by atoms with E-state index in [2.05, 4.69) is 6.07 Å². The van der Waals surface area contributed by atoms with Crippen LogP contribution in [0.1, 0.15) is 27.6 Å². The Balaban J connectivity index is 2.13. The van der Waals surface area contributed by atoms with Crippen molar-refractivity contribution in [3.63, 3.8) is 0 Å². The van der Waals surface area contributed by atoms with Crippen molar-refractivity contribution in [2.75, 3.05) is 0 Å². The highest BCUT2D eigenvalue weighted by molar-refractivity contribution is 7.18. The van der Waals surface area contributed by atoms with E-state index >= 15 is 0 Å². The van der Waals surface area contributed by atoms with Crippen LogP contribution in [0.25, 0.3) is 0 Å². The maximum atomic E-state index is 12.0. The van der Waals surface area contributed by atoms with Crippen LogP contribution < -0.4 is 0 Å². The van der Waals surface area contributed by atoms with Crippen molar-refractivity contribution in [1.82, 2.24) is 0 Å². The quantitative estimate of drug-likeness (QED) is 0.782. The first-order valence-electron chi connectivity index (χ1n) is 5.44. The molecule has 1 unspecified atom stereocenters. The molecule has 0 amide bonds. The van der Waals surface area contributed by atoms with Crippen LogP contribution in [0.3, 0.4) is 0 Å². The molecule has 1 heterocycles. The molecule has 2 rings (SSSR count). The number of carbonyl (C=O) groups is 1. The molecule has 0 spiro atoms. The number of ketones is 1. The molecule has 1 aromatic heterocycles. The third-order valence-corrected chi connectivity index (χ3v) is 3.87. The molecule has 0 saturated heterocycles. The maximum Gasteiger partial charge on any atom is 0.174 e. The molecule has 0 aliphatic rings. The van der Waals surface area contributed by atoms with Gasteiger partial charge in [0.25, 0.3) is 0 Å². The van der Waals surface area contributed by atoms with Crippen LogP contribution in [-0.4, -0.2) is 5.78 Å². The fourth-order valence-corrected chi connectivity index (χ4v) is 2.67. The number of nitrogens with zero attached hydrogens (tertiary/aromatic N) is 1. The van der Waals surface area contributed by atoms with E-state index in [1.165, 1.54) is 11.3 Å². The van der Waals surface area contributed by atoms with E-state index in [0.717, 1.165) is 5.56 Å². The van der Waals surface area contributed by atoms with Gasteiger partial charge in [0.1, 0.15) is 0 Å². The highest BCUT2D eigenvalue weighted by Gasteiger charge is 2.17. The smallest absolute Gasteiger partial charge is 0.174 e. The molecule has 0 aliphatic heterocycles. The lowest BCUT2D eigenvalue weighted by Crippen LogP contribution is -2.04. The van der Waals surface area contributed by atoms with Gasteiger partial charge in [-0.3, -0.25) is 4.79 Å². The number of Topliss-reactive ketones (excluding diaryl/α,β-unsaturated/α-hetero) is 1. The molecule has 1 atom stereocenters. The van der Waals surface area contributed by atoms with Crippen molar-refractivity contribution in [2.24, 2.45) is 0 Å². The summed E-state index contributed by atoms with van der Waals surface area (Å²) in [7, 11) is 0. The fourth-order valence-electron chi connectivity index (χ4n) is 1.67. The van der Waals surface area contributed by atoms with Crippen molar-refractivity contribution < 1.29 is 4.79 Å². The van der Waals surface area contributed by atoms with Crippen molar-refractivity contribution in [1.29, 1.82) is 5.26 Å². The third kappa shape index (κ3) is 2.98. The molecule has 2 aromatic rings. The molecular weight excluding hydrogens is 266 g/mol. The van der Waals surface area contributed by atoms with Gasteiger partial charge >= 0.3 is 0 Å². The summed E-state index contributed by atoms with van der Waals surface area (Å²) in [6.45, 7) is 0. The Labute approximate surface area is 114 Å². The van der Waals surface area contributed by atoms with Crippen molar-refractivity contribution in [3.8, 4) is 6.07 Å². The largest absolute Gasteiger partial charge is 0.293 e. The summed E-state index contributed by atoms with van der Waals surface area (Å²) in [4.78, 5) is 12.6. The zero-order valence-electron chi connectivity index (χ0n) is 9.47. The fraction of sp³-hybridized carbons (Fsp3) is 0.143. The van der Waals surface area contributed by atoms with E-state index in [9.17, 15) is 4.79 Å². The minimum atomic E-state index is -0.403. The molecule has 0 bridgehead atoms. The number of thiophene rings is 1. The van der Waals surface area contributed by atoms with Crippen LogP contribution in [0.15, 0.2) is 42.5 Å². The molecule has 18 heavy (non-hydrogen) atoms. The summed E-state index contributed by atoms with van der Waals surface area (Å²) in [5.74, 6) is -0.443. The second-order valence-electron chi connectivity index (χ2n) is 3.82. The molecule has 1 aromatic carbocycles. The van der Waals surface area contributed by atoms with Gasteiger partial charge in [-0.15, -0.1) is 11.3 Å². The highest BCUT2D eigenvalue weighted by atomic mass is 35.5. The molecule has 4 heteroatoms. The summed E-state index contributed by atoms with van der Waals surface area (Å²) in [5, 5.41) is 9.16. The van der Waals surface area contributed by atoms with E-state index in [0.29, 0.717) is 9.21 Å². The summed E-state index contributed by atoms with van der Waals surface area (Å²) < 4.78 is 0.589. The van der Waals surface area contributed by atoms with Crippen LogP contribution in [-0.2, 0) is 0 Å². The van der Waals surface area contributed by atoms with E-state index in [1.807, 2.05) is 30.3 Å². The van der Waals surface area contributed by atoms with Crippen molar-refractivity contribution in [3.05, 3.63) is 57.2 Å². The predicted molar refractivity (Wildman–Crippen MR) is 73.1 cm³/mol. The lowest BCUT2D eigenvalue weighted by molar-refractivity contribution is 0.0983. The number of halogens is 1. The number of rotatable bonds is 4. The van der Waals surface area contributed by atoms with Crippen LogP contribution in [0, 0.1) is 11.3 Å². The van der Waals surface area contributed by atoms with Crippen LogP contribution in [0.5, 0.6) is 0 Å². The van der Waals surface area contributed by atoms with Crippen LogP contribution in [0.2, 0.25) is 4.34 Å². The van der Waals surface area contributed by atoms with Crippen LogP contribution >= 0.6 is 22.9 Å². The zero-order valence-corrected chi connectivity index (χ0v) is 11.0. The molecule has 0 aliphatic carbocycles. The van der Waals surface area contributed by atoms with Gasteiger partial charge in [-0.2, -0.15) is 5.26 Å². The predicted octanol–water partition coefficient (Wildman–Crippen LogP) is 4.28. The second-order valence-corrected chi connectivity index (χ2v) is 5.54. The first-order chi connectivity index (χ1) is 8.70. The Morgan fingerprint density at radius 1 is 1.28 bits per heavy atom. The monoisotopic (exact) mass is 275 g/mol. The molecule has 90 valence electrons. The van der Waals surface area contributed by atoms with Gasteiger partial charge in [-0.05, 0) is 17.7 Å². The van der Waals surface area contributed by atoms with Crippen molar-refractivity contribution >= 4 is 28.7 Å². The minimum Gasteiger partial charge on any atom is -0.293 e. The molecule has 2 nitrogen and oxygen atoms in total. The number of carbonyl (C=O) groups excluding carboxylic acids is 1. The van der Waals surface area contributed by atoms with Gasteiger partial charge in [-0.25, -0.2) is 0 Å². The summed E-state index contributed by atoms with van der Waals surface area (Å²) in [6.07, 6.45) is 0.192. The molecular formula is C14H10ClNOS. The average molecular weight is 276 g/mol. The van der Waals surface area contributed by atoms with Crippen molar-refractivity contribution in [2.45, 2.75) is 12.3 Å². The standard InChI is InChI=1S/C14H10ClNOS/c15-14-7-6-13(18-14)12(17)8-11(9-16)10-4-2-1-3-5-10/h1-7,11H,8H2. The number of hydrogen-bond acceptors (Lipinski definition) is 3. The van der Waals surface area contributed by atoms with Gasteiger partial charge in [0.05, 0.1) is 21.2 Å². The van der Waals surface area contributed by atoms with Gasteiger partial charge in [0.15, 0.2) is 5.78 Å². The summed E-state index contributed by atoms with van der Waals surface area (Å²) >= 11 is 7.04. The Morgan fingerprint density at radius 3 is 2.56 bits per heavy atom. The van der Waals surface area contributed by atoms with Gasteiger partial charge in [0.2, 0.25) is 0 Å². The topological polar surface area (TPSA) is 40.9 Å². The zero-order chi connectivity index (χ0) is 13.0. The first kappa shape index (κ1) is 12.8. The number of hydrogen-bond donors (Lipinski definition) is 0. The number of nitriles is 1. The molecule has 0 radical (unpaired) electrons. The Bertz CT molecular complexity index is 585.